The number of alkyl carbamates (subject to hydrolysis) is 1. The number of benzene rings is 1. The number of hydrogen-bond acceptors (Lipinski definition) is 12. The van der Waals surface area contributed by atoms with Gasteiger partial charge in [0.15, 0.2) is 0 Å². The van der Waals surface area contributed by atoms with Crippen molar-refractivity contribution in [1.82, 2.24) is 25.8 Å². The standard InChI is InChI=1S/C39H61N5O10S/c1-28-33(55-27-42-28)30-12-10-29(11-13-30)25-41-35(46)31-9-8-15-44(31)36(47)34(38(2,3)4)43-32(45)26-53-24-23-52-22-21-51-20-19-50-18-17-49-16-14-40-37(48)54-39(5,6)7/h10-13,27,31,34H,8-9,14-26H2,1-7H3,(H,40,48)(H,41,46)(H,43,45). The zero-order chi connectivity index (χ0) is 40.3. The predicted octanol–water partition coefficient (Wildman–Crippen LogP) is 3.86. The third-order valence-corrected chi connectivity index (χ3v) is 9.30. The second-order valence-corrected chi connectivity index (χ2v) is 16.0. The Morgan fingerprint density at radius 1 is 0.836 bits per heavy atom. The maximum absolute atomic E-state index is 13.8. The highest BCUT2D eigenvalue weighted by Gasteiger charge is 2.41. The number of nitrogens with one attached hydrogen (secondary N) is 3. The van der Waals surface area contributed by atoms with Crippen molar-refractivity contribution < 1.29 is 47.6 Å². The number of likely N-dealkylation sites (tertiary alicyclic amines) is 1. The second kappa shape index (κ2) is 23.4. The largest absolute Gasteiger partial charge is 0.444 e. The molecule has 2 heterocycles. The molecule has 0 spiro atoms. The first-order chi connectivity index (χ1) is 26.2. The molecule has 1 fully saturated rings. The summed E-state index contributed by atoms with van der Waals surface area (Å²) in [5, 5.41) is 8.46. The fourth-order valence-corrected chi connectivity index (χ4v) is 6.38. The first-order valence-corrected chi connectivity index (χ1v) is 19.8. The average molecular weight is 792 g/mol. The van der Waals surface area contributed by atoms with Gasteiger partial charge in [0.1, 0.15) is 24.3 Å². The molecule has 16 heteroatoms. The summed E-state index contributed by atoms with van der Waals surface area (Å²) >= 11 is 1.59. The number of carbonyl (C=O) groups is 4. The Morgan fingerprint density at radius 3 is 1.96 bits per heavy atom. The lowest BCUT2D eigenvalue weighted by atomic mass is 9.85. The molecule has 0 bridgehead atoms. The van der Waals surface area contributed by atoms with E-state index < -0.39 is 35.1 Å². The molecule has 1 aliphatic heterocycles. The van der Waals surface area contributed by atoms with E-state index >= 15 is 0 Å². The van der Waals surface area contributed by atoms with E-state index in [1.807, 2.05) is 57.5 Å². The molecule has 15 nitrogen and oxygen atoms in total. The number of carbonyl (C=O) groups excluding carboxylic acids is 4. The minimum absolute atomic E-state index is 0.194. The summed E-state index contributed by atoms with van der Waals surface area (Å²) in [6, 6.07) is 6.58. The lowest BCUT2D eigenvalue weighted by molar-refractivity contribution is -0.144. The Hall–Kier alpha value is -3.67. The van der Waals surface area contributed by atoms with E-state index in [4.69, 9.17) is 28.4 Å². The van der Waals surface area contributed by atoms with Crippen LogP contribution in [0.4, 0.5) is 4.79 Å². The first kappa shape index (κ1) is 45.7. The Kier molecular flexibility index (Phi) is 19.5. The van der Waals surface area contributed by atoms with Crippen molar-refractivity contribution in [3.63, 3.8) is 0 Å². The maximum Gasteiger partial charge on any atom is 0.407 e. The van der Waals surface area contributed by atoms with Gasteiger partial charge in [-0.1, -0.05) is 45.0 Å². The van der Waals surface area contributed by atoms with Crippen LogP contribution in [0.15, 0.2) is 29.8 Å². The van der Waals surface area contributed by atoms with E-state index in [1.54, 1.807) is 37.0 Å². The molecule has 308 valence electrons. The second-order valence-electron chi connectivity index (χ2n) is 15.2. The summed E-state index contributed by atoms with van der Waals surface area (Å²) in [5.74, 6) is -0.912. The molecule has 0 radical (unpaired) electrons. The average Bonchev–Trinajstić information content (AvgIpc) is 3.79. The van der Waals surface area contributed by atoms with Crippen LogP contribution < -0.4 is 16.0 Å². The van der Waals surface area contributed by atoms with Crippen molar-refractivity contribution in [1.29, 1.82) is 0 Å². The van der Waals surface area contributed by atoms with E-state index in [0.29, 0.717) is 78.7 Å². The van der Waals surface area contributed by atoms with Crippen LogP contribution in [0, 0.1) is 12.3 Å². The van der Waals surface area contributed by atoms with Gasteiger partial charge in [0.25, 0.3) is 0 Å². The minimum Gasteiger partial charge on any atom is -0.444 e. The van der Waals surface area contributed by atoms with Crippen molar-refractivity contribution >= 4 is 35.2 Å². The SMILES string of the molecule is Cc1ncsc1-c1ccc(CNC(=O)C2CCCN2C(=O)C(NC(=O)COCCOCCOCCOCCOCCNC(=O)OC(C)(C)C)C(C)(C)C)cc1. The smallest absolute Gasteiger partial charge is 0.407 e. The molecule has 4 amide bonds. The molecule has 3 N–H and O–H groups in total. The molecule has 1 saturated heterocycles. The summed E-state index contributed by atoms with van der Waals surface area (Å²) in [6.07, 6.45) is 0.786. The summed E-state index contributed by atoms with van der Waals surface area (Å²) in [5.41, 5.74) is 3.72. The van der Waals surface area contributed by atoms with Gasteiger partial charge in [-0.25, -0.2) is 9.78 Å². The van der Waals surface area contributed by atoms with Crippen molar-refractivity contribution in [2.75, 3.05) is 79.2 Å². The lowest BCUT2D eigenvalue weighted by Crippen LogP contribution is -2.58. The summed E-state index contributed by atoms with van der Waals surface area (Å²) in [7, 11) is 0. The van der Waals surface area contributed by atoms with Crippen molar-refractivity contribution in [3.8, 4) is 10.4 Å². The van der Waals surface area contributed by atoms with Gasteiger partial charge in [0.2, 0.25) is 17.7 Å². The summed E-state index contributed by atoms with van der Waals surface area (Å²) in [6.45, 7) is 17.1. The van der Waals surface area contributed by atoms with E-state index in [9.17, 15) is 19.2 Å². The van der Waals surface area contributed by atoms with Gasteiger partial charge in [-0.15, -0.1) is 11.3 Å². The van der Waals surface area contributed by atoms with Crippen molar-refractivity contribution in [2.24, 2.45) is 5.41 Å². The van der Waals surface area contributed by atoms with Gasteiger partial charge >= 0.3 is 6.09 Å². The van der Waals surface area contributed by atoms with E-state index in [1.165, 1.54) is 0 Å². The molecule has 2 aromatic rings. The summed E-state index contributed by atoms with van der Waals surface area (Å²) < 4.78 is 32.5. The van der Waals surface area contributed by atoms with Crippen molar-refractivity contribution in [3.05, 3.63) is 41.0 Å². The predicted molar refractivity (Wildman–Crippen MR) is 209 cm³/mol. The Bertz CT molecular complexity index is 1470. The zero-order valence-electron chi connectivity index (χ0n) is 33.5. The number of hydrogen-bond donors (Lipinski definition) is 3. The number of amides is 4. The van der Waals surface area contributed by atoms with Crippen LogP contribution in [0.1, 0.15) is 65.6 Å². The molecule has 2 atom stereocenters. The number of aromatic nitrogens is 1. The van der Waals surface area contributed by atoms with Crippen LogP contribution in [0.2, 0.25) is 0 Å². The number of nitrogens with zero attached hydrogens (tertiary/aromatic N) is 2. The molecule has 2 unspecified atom stereocenters. The van der Waals surface area contributed by atoms with Crippen LogP contribution in [0.3, 0.4) is 0 Å². The maximum atomic E-state index is 13.8. The molecule has 3 rings (SSSR count). The highest BCUT2D eigenvalue weighted by molar-refractivity contribution is 7.13. The van der Waals surface area contributed by atoms with E-state index in [2.05, 4.69) is 20.9 Å². The fraction of sp³-hybridized carbons (Fsp3) is 0.667. The van der Waals surface area contributed by atoms with Crippen molar-refractivity contribution in [2.45, 2.75) is 85.5 Å². The normalized spacial score (nSPS) is 15.1. The quantitative estimate of drug-likeness (QED) is 0.139. The lowest BCUT2D eigenvalue weighted by Gasteiger charge is -2.35. The zero-order valence-corrected chi connectivity index (χ0v) is 34.3. The fourth-order valence-electron chi connectivity index (χ4n) is 5.56. The third-order valence-electron chi connectivity index (χ3n) is 8.32. The molecule has 1 aromatic carbocycles. The highest BCUT2D eigenvalue weighted by atomic mass is 32.1. The topological polar surface area (TPSA) is 176 Å². The Labute approximate surface area is 329 Å². The van der Waals surface area contributed by atoms with Gasteiger partial charge in [-0.05, 0) is 57.1 Å². The molecule has 1 aliphatic rings. The van der Waals surface area contributed by atoms with Gasteiger partial charge < -0.3 is 49.3 Å². The van der Waals surface area contributed by atoms with Crippen LogP contribution in [-0.4, -0.2) is 131 Å². The molecular weight excluding hydrogens is 731 g/mol. The number of aryl methyl sites for hydroxylation is 1. The Balaban J connectivity index is 1.24. The Morgan fingerprint density at radius 2 is 1.42 bits per heavy atom. The first-order valence-electron chi connectivity index (χ1n) is 18.9. The number of ether oxygens (including phenoxy) is 6. The molecule has 55 heavy (non-hydrogen) atoms. The minimum atomic E-state index is -0.835. The molecule has 1 aromatic heterocycles. The summed E-state index contributed by atoms with van der Waals surface area (Å²) in [4.78, 5) is 58.5. The number of thiazole rings is 1. The molecule has 0 saturated carbocycles. The van der Waals surface area contributed by atoms with E-state index in [0.717, 1.165) is 21.7 Å². The van der Waals surface area contributed by atoms with E-state index in [-0.39, 0.29) is 31.6 Å². The van der Waals surface area contributed by atoms with Crippen LogP contribution in [0.25, 0.3) is 10.4 Å². The van der Waals surface area contributed by atoms with Gasteiger partial charge in [0, 0.05) is 19.6 Å². The van der Waals surface area contributed by atoms with Gasteiger partial charge in [-0.3, -0.25) is 14.4 Å². The van der Waals surface area contributed by atoms with Gasteiger partial charge in [0.05, 0.1) is 75.5 Å². The molecular formula is C39H61N5O10S. The third kappa shape index (κ3) is 17.3. The van der Waals surface area contributed by atoms with Crippen LogP contribution >= 0.6 is 11.3 Å². The van der Waals surface area contributed by atoms with Crippen LogP contribution in [-0.2, 0) is 49.3 Å². The number of rotatable bonds is 23. The highest BCUT2D eigenvalue weighted by Crippen LogP contribution is 2.28. The monoisotopic (exact) mass is 791 g/mol. The van der Waals surface area contributed by atoms with Crippen LogP contribution in [0.5, 0.6) is 0 Å². The van der Waals surface area contributed by atoms with Gasteiger partial charge in [-0.2, -0.15) is 0 Å². The molecule has 0 aliphatic carbocycles.